The number of aliphatic hydroxyl groups is 1. The molecule has 3 rings (SSSR count). The molecule has 1 aromatic rings. The third kappa shape index (κ3) is 2.25. The summed E-state index contributed by atoms with van der Waals surface area (Å²) in [7, 11) is 0. The molecule has 0 amide bonds. The zero-order valence-corrected chi connectivity index (χ0v) is 10.3. The summed E-state index contributed by atoms with van der Waals surface area (Å²) in [6.45, 7) is 2.11. The average Bonchev–Trinajstić information content (AvgIpc) is 2.87. The normalized spacial score (nSPS) is 33.7. The number of ether oxygens (including phenoxy) is 2. The Morgan fingerprint density at radius 2 is 2.17 bits per heavy atom. The minimum Gasteiger partial charge on any atom is -0.388 e. The van der Waals surface area contributed by atoms with Crippen LogP contribution in [0.2, 0.25) is 0 Å². The van der Waals surface area contributed by atoms with Crippen molar-refractivity contribution in [3.63, 3.8) is 0 Å². The van der Waals surface area contributed by atoms with Crippen molar-refractivity contribution >= 4 is 0 Å². The van der Waals surface area contributed by atoms with Crippen LogP contribution in [0.4, 0.5) is 0 Å². The van der Waals surface area contributed by atoms with E-state index in [-0.39, 0.29) is 11.5 Å². The number of hydrogen-bond acceptors (Lipinski definition) is 5. The van der Waals surface area contributed by atoms with Crippen LogP contribution in [-0.2, 0) is 9.47 Å². The fourth-order valence-electron chi connectivity index (χ4n) is 2.93. The van der Waals surface area contributed by atoms with Crippen LogP contribution in [0.3, 0.4) is 0 Å². The van der Waals surface area contributed by atoms with E-state index in [1.54, 1.807) is 12.4 Å². The summed E-state index contributed by atoms with van der Waals surface area (Å²) in [6, 6.07) is 0. The van der Waals surface area contributed by atoms with Crippen molar-refractivity contribution in [2.24, 2.45) is 5.92 Å². The minimum absolute atomic E-state index is 0.167. The van der Waals surface area contributed by atoms with E-state index in [0.29, 0.717) is 13.2 Å². The summed E-state index contributed by atoms with van der Waals surface area (Å²) in [5.74, 6) is 0.200. The van der Waals surface area contributed by atoms with Gasteiger partial charge in [0, 0.05) is 37.6 Å². The minimum atomic E-state index is -0.507. The molecule has 3 heterocycles. The van der Waals surface area contributed by atoms with Crippen LogP contribution in [0.15, 0.2) is 18.7 Å². The van der Waals surface area contributed by atoms with E-state index in [2.05, 4.69) is 9.97 Å². The molecule has 0 aliphatic carbocycles. The second-order valence-electron chi connectivity index (χ2n) is 5.20. The molecule has 2 aliphatic rings. The summed E-state index contributed by atoms with van der Waals surface area (Å²) >= 11 is 0. The third-order valence-electron chi connectivity index (χ3n) is 3.97. The summed E-state index contributed by atoms with van der Waals surface area (Å²) in [4.78, 5) is 7.93. The molecule has 2 aliphatic heterocycles. The summed E-state index contributed by atoms with van der Waals surface area (Å²) in [5.41, 5.74) is 0.623. The van der Waals surface area contributed by atoms with E-state index in [1.807, 2.05) is 0 Å². The number of rotatable bonds is 2. The lowest BCUT2D eigenvalue weighted by molar-refractivity contribution is -0.117. The SMILES string of the molecule is OC(c1cncnc1)C1CCOC2(CCOC2)C1. The molecule has 5 heteroatoms. The molecule has 1 aromatic heterocycles. The zero-order valence-electron chi connectivity index (χ0n) is 10.3. The van der Waals surface area contributed by atoms with E-state index in [4.69, 9.17) is 9.47 Å². The van der Waals surface area contributed by atoms with Crippen LogP contribution in [0.1, 0.15) is 30.9 Å². The van der Waals surface area contributed by atoms with Gasteiger partial charge in [0.25, 0.3) is 0 Å². The van der Waals surface area contributed by atoms with Crippen molar-refractivity contribution in [1.29, 1.82) is 0 Å². The first kappa shape index (κ1) is 12.0. The Hall–Kier alpha value is -1.04. The molecule has 0 radical (unpaired) electrons. The summed E-state index contributed by atoms with van der Waals surface area (Å²) in [5, 5.41) is 10.4. The van der Waals surface area contributed by atoms with Crippen molar-refractivity contribution in [3.8, 4) is 0 Å². The maximum Gasteiger partial charge on any atom is 0.115 e. The Labute approximate surface area is 106 Å². The Bertz CT molecular complexity index is 392. The van der Waals surface area contributed by atoms with Gasteiger partial charge in [0.05, 0.1) is 18.3 Å². The van der Waals surface area contributed by atoms with Gasteiger partial charge in [-0.25, -0.2) is 9.97 Å². The Balaban J connectivity index is 1.72. The number of nitrogens with zero attached hydrogens (tertiary/aromatic N) is 2. The molecule has 18 heavy (non-hydrogen) atoms. The van der Waals surface area contributed by atoms with Gasteiger partial charge in [-0.2, -0.15) is 0 Å². The van der Waals surface area contributed by atoms with Gasteiger partial charge in [-0.1, -0.05) is 0 Å². The van der Waals surface area contributed by atoms with Crippen LogP contribution >= 0.6 is 0 Å². The van der Waals surface area contributed by atoms with Crippen LogP contribution in [0.5, 0.6) is 0 Å². The van der Waals surface area contributed by atoms with Crippen molar-refractivity contribution in [1.82, 2.24) is 9.97 Å². The number of aromatic nitrogens is 2. The highest BCUT2D eigenvalue weighted by molar-refractivity contribution is 5.09. The first-order chi connectivity index (χ1) is 8.79. The lowest BCUT2D eigenvalue weighted by Gasteiger charge is -2.38. The second-order valence-corrected chi connectivity index (χ2v) is 5.20. The second kappa shape index (κ2) is 4.91. The van der Waals surface area contributed by atoms with Crippen molar-refractivity contribution < 1.29 is 14.6 Å². The molecule has 0 aromatic carbocycles. The smallest absolute Gasteiger partial charge is 0.115 e. The monoisotopic (exact) mass is 250 g/mol. The largest absolute Gasteiger partial charge is 0.388 e. The van der Waals surface area contributed by atoms with Gasteiger partial charge in [0.15, 0.2) is 0 Å². The fraction of sp³-hybridized carbons (Fsp3) is 0.692. The lowest BCUT2D eigenvalue weighted by Crippen LogP contribution is -2.41. The van der Waals surface area contributed by atoms with Crippen molar-refractivity contribution in [2.45, 2.75) is 31.0 Å². The van der Waals surface area contributed by atoms with Crippen molar-refractivity contribution in [3.05, 3.63) is 24.3 Å². The predicted octanol–water partition coefficient (Wildman–Crippen LogP) is 1.10. The van der Waals surface area contributed by atoms with Crippen LogP contribution < -0.4 is 0 Å². The van der Waals surface area contributed by atoms with E-state index < -0.39 is 6.10 Å². The summed E-state index contributed by atoms with van der Waals surface area (Å²) < 4.78 is 11.3. The van der Waals surface area contributed by atoms with Crippen LogP contribution in [0, 0.1) is 5.92 Å². The van der Waals surface area contributed by atoms with Gasteiger partial charge in [0.1, 0.15) is 6.33 Å². The number of aliphatic hydroxyl groups excluding tert-OH is 1. The molecule has 0 bridgehead atoms. The molecule has 5 nitrogen and oxygen atoms in total. The first-order valence-electron chi connectivity index (χ1n) is 6.44. The molecular weight excluding hydrogens is 232 g/mol. The van der Waals surface area contributed by atoms with Gasteiger partial charge < -0.3 is 14.6 Å². The molecule has 98 valence electrons. The highest BCUT2D eigenvalue weighted by Crippen LogP contribution is 2.40. The molecule has 2 saturated heterocycles. The maximum atomic E-state index is 10.4. The standard InChI is InChI=1S/C13H18N2O3/c16-12(11-6-14-9-15-7-11)10-1-3-18-13(5-10)2-4-17-8-13/h6-7,9-10,12,16H,1-5,8H2. The Morgan fingerprint density at radius 3 is 2.89 bits per heavy atom. The van der Waals surface area contributed by atoms with E-state index >= 15 is 0 Å². The quantitative estimate of drug-likeness (QED) is 0.851. The van der Waals surface area contributed by atoms with E-state index in [0.717, 1.165) is 31.4 Å². The van der Waals surface area contributed by atoms with Crippen LogP contribution in [0.25, 0.3) is 0 Å². The van der Waals surface area contributed by atoms with Gasteiger partial charge >= 0.3 is 0 Å². The lowest BCUT2D eigenvalue weighted by atomic mass is 9.81. The Kier molecular flexibility index (Phi) is 3.28. The van der Waals surface area contributed by atoms with Gasteiger partial charge in [-0.15, -0.1) is 0 Å². The topological polar surface area (TPSA) is 64.5 Å². The van der Waals surface area contributed by atoms with Gasteiger partial charge in [-0.05, 0) is 18.8 Å². The van der Waals surface area contributed by atoms with E-state index in [1.165, 1.54) is 6.33 Å². The molecule has 3 unspecified atom stereocenters. The third-order valence-corrected chi connectivity index (χ3v) is 3.97. The van der Waals surface area contributed by atoms with Gasteiger partial charge in [0.2, 0.25) is 0 Å². The highest BCUT2D eigenvalue weighted by Gasteiger charge is 2.43. The predicted molar refractivity (Wildman–Crippen MR) is 63.8 cm³/mol. The summed E-state index contributed by atoms with van der Waals surface area (Å²) in [6.07, 6.45) is 7.00. The highest BCUT2D eigenvalue weighted by atomic mass is 16.6. The Morgan fingerprint density at radius 1 is 1.33 bits per heavy atom. The fourth-order valence-corrected chi connectivity index (χ4v) is 2.93. The van der Waals surface area contributed by atoms with Gasteiger partial charge in [-0.3, -0.25) is 0 Å². The molecule has 0 saturated carbocycles. The average molecular weight is 250 g/mol. The molecule has 2 fully saturated rings. The van der Waals surface area contributed by atoms with Crippen LogP contribution in [-0.4, -0.2) is 40.5 Å². The molecular formula is C13H18N2O3. The zero-order chi connectivity index (χ0) is 12.4. The first-order valence-corrected chi connectivity index (χ1v) is 6.44. The van der Waals surface area contributed by atoms with Crippen molar-refractivity contribution in [2.75, 3.05) is 19.8 Å². The van der Waals surface area contributed by atoms with E-state index in [9.17, 15) is 5.11 Å². The molecule has 1 N–H and O–H groups in total. The number of hydrogen-bond donors (Lipinski definition) is 1. The molecule has 3 atom stereocenters. The maximum absolute atomic E-state index is 10.4. The molecule has 1 spiro atoms.